The normalized spacial score (nSPS) is 9.83. The second-order valence-electron chi connectivity index (χ2n) is 2.16. The van der Waals surface area contributed by atoms with Gasteiger partial charge in [0.25, 0.3) is 0 Å². The van der Waals surface area contributed by atoms with Gasteiger partial charge in [-0.25, -0.2) is 4.98 Å². The number of rotatable bonds is 4. The van der Waals surface area contributed by atoms with E-state index >= 15 is 0 Å². The molecule has 0 unspecified atom stereocenters. The van der Waals surface area contributed by atoms with E-state index in [2.05, 4.69) is 27.2 Å². The zero-order valence-electron chi connectivity index (χ0n) is 6.79. The standard InChI is InChI=1S/C8H10BrNOS/c1-12-5-4-11-7-2-3-8(9)10-6-7/h2-3,6H,4-5H2,1H3. The van der Waals surface area contributed by atoms with E-state index in [0.717, 1.165) is 22.7 Å². The summed E-state index contributed by atoms with van der Waals surface area (Å²) in [6, 6.07) is 3.77. The summed E-state index contributed by atoms with van der Waals surface area (Å²) in [5.74, 6) is 1.84. The maximum absolute atomic E-state index is 5.40. The Kier molecular flexibility index (Phi) is 4.46. The third-order valence-electron chi connectivity index (χ3n) is 1.26. The molecule has 0 bridgehead atoms. The third-order valence-corrected chi connectivity index (χ3v) is 2.30. The van der Waals surface area contributed by atoms with Crippen LogP contribution in [-0.4, -0.2) is 23.6 Å². The van der Waals surface area contributed by atoms with Gasteiger partial charge in [0.2, 0.25) is 0 Å². The molecule has 0 aliphatic carbocycles. The summed E-state index contributed by atoms with van der Waals surface area (Å²) >= 11 is 5.03. The van der Waals surface area contributed by atoms with Crippen molar-refractivity contribution in [3.8, 4) is 5.75 Å². The molecular weight excluding hydrogens is 238 g/mol. The Labute approximate surface area is 84.9 Å². The summed E-state index contributed by atoms with van der Waals surface area (Å²) in [5.41, 5.74) is 0. The highest BCUT2D eigenvalue weighted by Crippen LogP contribution is 2.12. The topological polar surface area (TPSA) is 22.1 Å². The second-order valence-corrected chi connectivity index (χ2v) is 3.96. The van der Waals surface area contributed by atoms with Crippen LogP contribution < -0.4 is 4.74 Å². The molecule has 66 valence electrons. The molecule has 1 aromatic heterocycles. The minimum absolute atomic E-state index is 0.741. The largest absolute Gasteiger partial charge is 0.491 e. The third kappa shape index (κ3) is 3.45. The number of nitrogens with zero attached hydrogens (tertiary/aromatic N) is 1. The molecule has 0 fully saturated rings. The van der Waals surface area contributed by atoms with E-state index in [4.69, 9.17) is 4.74 Å². The fraction of sp³-hybridized carbons (Fsp3) is 0.375. The molecule has 0 N–H and O–H groups in total. The van der Waals surface area contributed by atoms with Crippen LogP contribution in [-0.2, 0) is 0 Å². The molecule has 1 heterocycles. The van der Waals surface area contributed by atoms with Gasteiger partial charge in [0.1, 0.15) is 10.4 Å². The van der Waals surface area contributed by atoms with Crippen molar-refractivity contribution in [3.63, 3.8) is 0 Å². The molecule has 2 nitrogen and oxygen atoms in total. The number of hydrogen-bond acceptors (Lipinski definition) is 3. The lowest BCUT2D eigenvalue weighted by Gasteiger charge is -2.03. The SMILES string of the molecule is CSCCOc1ccc(Br)nc1. The van der Waals surface area contributed by atoms with Crippen molar-refractivity contribution in [2.24, 2.45) is 0 Å². The average Bonchev–Trinajstić information content (AvgIpc) is 2.09. The molecule has 1 rings (SSSR count). The van der Waals surface area contributed by atoms with Crippen LogP contribution in [0.1, 0.15) is 0 Å². The van der Waals surface area contributed by atoms with E-state index in [1.807, 2.05) is 12.1 Å². The van der Waals surface area contributed by atoms with Crippen LogP contribution in [0.5, 0.6) is 5.75 Å². The van der Waals surface area contributed by atoms with Crippen molar-refractivity contribution in [1.29, 1.82) is 0 Å². The van der Waals surface area contributed by atoms with Crippen LogP contribution in [0.4, 0.5) is 0 Å². The first-order chi connectivity index (χ1) is 5.83. The van der Waals surface area contributed by atoms with Gasteiger partial charge < -0.3 is 4.74 Å². The van der Waals surface area contributed by atoms with Crippen LogP contribution in [0.15, 0.2) is 22.9 Å². The summed E-state index contributed by atoms with van der Waals surface area (Å²) in [6.45, 7) is 0.741. The van der Waals surface area contributed by atoms with E-state index in [1.165, 1.54) is 0 Å². The van der Waals surface area contributed by atoms with E-state index in [1.54, 1.807) is 18.0 Å². The maximum Gasteiger partial charge on any atom is 0.137 e. The van der Waals surface area contributed by atoms with Crippen LogP contribution in [0.3, 0.4) is 0 Å². The number of halogens is 1. The first-order valence-electron chi connectivity index (χ1n) is 3.56. The molecule has 0 aliphatic rings. The highest BCUT2D eigenvalue weighted by molar-refractivity contribution is 9.10. The molecular formula is C8H10BrNOS. The Hall–Kier alpha value is -0.220. The van der Waals surface area contributed by atoms with Gasteiger partial charge in [-0.2, -0.15) is 11.8 Å². The molecule has 0 aliphatic heterocycles. The average molecular weight is 248 g/mol. The van der Waals surface area contributed by atoms with Gasteiger partial charge in [-0.1, -0.05) is 0 Å². The molecule has 0 saturated carbocycles. The van der Waals surface area contributed by atoms with Crippen molar-refractivity contribution < 1.29 is 4.74 Å². The van der Waals surface area contributed by atoms with Gasteiger partial charge in [-0.15, -0.1) is 0 Å². The van der Waals surface area contributed by atoms with Gasteiger partial charge in [0.05, 0.1) is 12.8 Å². The first kappa shape index (κ1) is 9.86. The number of hydrogen-bond donors (Lipinski definition) is 0. The number of aromatic nitrogens is 1. The Morgan fingerprint density at radius 3 is 3.00 bits per heavy atom. The molecule has 4 heteroatoms. The van der Waals surface area contributed by atoms with Gasteiger partial charge in [-0.05, 0) is 34.3 Å². The lowest BCUT2D eigenvalue weighted by Crippen LogP contribution is -1.99. The van der Waals surface area contributed by atoms with E-state index in [0.29, 0.717) is 0 Å². The maximum atomic E-state index is 5.40. The Balaban J connectivity index is 2.37. The molecule has 0 radical (unpaired) electrons. The van der Waals surface area contributed by atoms with Crippen LogP contribution in [0.25, 0.3) is 0 Å². The Bertz CT molecular complexity index is 227. The summed E-state index contributed by atoms with van der Waals surface area (Å²) in [5, 5.41) is 0. The Morgan fingerprint density at radius 2 is 2.42 bits per heavy atom. The predicted molar refractivity (Wildman–Crippen MR) is 55.8 cm³/mol. The van der Waals surface area contributed by atoms with Crippen molar-refractivity contribution in [2.45, 2.75) is 0 Å². The van der Waals surface area contributed by atoms with E-state index < -0.39 is 0 Å². The predicted octanol–water partition coefficient (Wildman–Crippen LogP) is 2.59. The van der Waals surface area contributed by atoms with E-state index in [-0.39, 0.29) is 0 Å². The van der Waals surface area contributed by atoms with Crippen molar-refractivity contribution >= 4 is 27.7 Å². The van der Waals surface area contributed by atoms with E-state index in [9.17, 15) is 0 Å². The fourth-order valence-corrected chi connectivity index (χ4v) is 1.18. The molecule has 1 aromatic rings. The van der Waals surface area contributed by atoms with Crippen LogP contribution in [0.2, 0.25) is 0 Å². The molecule has 0 saturated heterocycles. The fourth-order valence-electron chi connectivity index (χ4n) is 0.690. The lowest BCUT2D eigenvalue weighted by atomic mass is 10.5. The second kappa shape index (κ2) is 5.43. The van der Waals surface area contributed by atoms with Crippen LogP contribution >= 0.6 is 27.7 Å². The van der Waals surface area contributed by atoms with Gasteiger partial charge in [-0.3, -0.25) is 0 Å². The minimum Gasteiger partial charge on any atom is -0.491 e. The number of pyridine rings is 1. The van der Waals surface area contributed by atoms with Crippen molar-refractivity contribution in [2.75, 3.05) is 18.6 Å². The first-order valence-corrected chi connectivity index (χ1v) is 5.75. The molecule has 0 aromatic carbocycles. The highest BCUT2D eigenvalue weighted by atomic mass is 79.9. The summed E-state index contributed by atoms with van der Waals surface area (Å²) in [4.78, 5) is 4.04. The van der Waals surface area contributed by atoms with Gasteiger partial charge >= 0.3 is 0 Å². The monoisotopic (exact) mass is 247 g/mol. The number of ether oxygens (including phenoxy) is 1. The highest BCUT2D eigenvalue weighted by Gasteiger charge is 1.92. The Morgan fingerprint density at radius 1 is 1.58 bits per heavy atom. The van der Waals surface area contributed by atoms with Gasteiger partial charge in [0.15, 0.2) is 0 Å². The zero-order chi connectivity index (χ0) is 8.81. The number of thioether (sulfide) groups is 1. The smallest absolute Gasteiger partial charge is 0.137 e. The summed E-state index contributed by atoms with van der Waals surface area (Å²) < 4.78 is 6.23. The quantitative estimate of drug-likeness (QED) is 0.604. The summed E-state index contributed by atoms with van der Waals surface area (Å²) in [6.07, 6.45) is 3.77. The van der Waals surface area contributed by atoms with Crippen molar-refractivity contribution in [3.05, 3.63) is 22.9 Å². The molecule has 0 atom stereocenters. The minimum atomic E-state index is 0.741. The molecule has 0 amide bonds. The zero-order valence-corrected chi connectivity index (χ0v) is 9.19. The van der Waals surface area contributed by atoms with Gasteiger partial charge in [0, 0.05) is 5.75 Å². The summed E-state index contributed by atoms with van der Waals surface area (Å²) in [7, 11) is 0. The van der Waals surface area contributed by atoms with Crippen LogP contribution in [0, 0.1) is 0 Å². The van der Waals surface area contributed by atoms with Crippen molar-refractivity contribution in [1.82, 2.24) is 4.98 Å². The molecule has 12 heavy (non-hydrogen) atoms. The molecule has 0 spiro atoms. The lowest BCUT2D eigenvalue weighted by molar-refractivity contribution is 0.342.